The van der Waals surface area contributed by atoms with Gasteiger partial charge in [0.15, 0.2) is 10.2 Å². The molecule has 0 fully saturated rings. The van der Waals surface area contributed by atoms with Crippen LogP contribution in [0.25, 0.3) is 0 Å². The molecule has 4 N–H and O–H groups in total. The fraction of sp³-hybridized carbons (Fsp3) is 0.750. The molecule has 0 aliphatic heterocycles. The van der Waals surface area contributed by atoms with Crippen molar-refractivity contribution >= 4 is 34.7 Å². The summed E-state index contributed by atoms with van der Waals surface area (Å²) in [5.41, 5.74) is 5.57. The molecule has 14 heavy (non-hydrogen) atoms. The van der Waals surface area contributed by atoms with Crippen molar-refractivity contribution in [2.24, 2.45) is 0 Å². The Balaban J connectivity index is 3.61. The summed E-state index contributed by atoms with van der Waals surface area (Å²) in [6, 6.07) is 0.617. The summed E-state index contributed by atoms with van der Waals surface area (Å²) in [4.78, 5) is 0. The molecule has 0 aliphatic carbocycles. The van der Waals surface area contributed by atoms with Gasteiger partial charge >= 0.3 is 0 Å². The van der Waals surface area contributed by atoms with Gasteiger partial charge in [-0.15, -0.1) is 0 Å². The Morgan fingerprint density at radius 2 is 1.07 bits per heavy atom. The first-order chi connectivity index (χ1) is 6.41. The van der Waals surface area contributed by atoms with E-state index in [0.717, 1.165) is 0 Å². The van der Waals surface area contributed by atoms with Crippen LogP contribution in [0.4, 0.5) is 0 Å². The number of rotatable bonds is 2. The van der Waals surface area contributed by atoms with Crippen LogP contribution in [0.3, 0.4) is 0 Å². The average molecular weight is 234 g/mol. The Labute approximate surface area is 96.2 Å². The summed E-state index contributed by atoms with van der Waals surface area (Å²) in [6.07, 6.45) is 0. The molecular weight excluding hydrogens is 216 g/mol. The van der Waals surface area contributed by atoms with Crippen molar-refractivity contribution in [2.75, 3.05) is 0 Å². The molecule has 0 saturated heterocycles. The average Bonchev–Trinajstić information content (AvgIpc) is 1.98. The normalized spacial score (nSPS) is 9.86. The van der Waals surface area contributed by atoms with Crippen LogP contribution in [-0.4, -0.2) is 22.3 Å². The van der Waals surface area contributed by atoms with Crippen LogP contribution in [0, 0.1) is 0 Å². The van der Waals surface area contributed by atoms with Crippen molar-refractivity contribution in [1.29, 1.82) is 0 Å². The van der Waals surface area contributed by atoms with Crippen LogP contribution < -0.4 is 21.5 Å². The Morgan fingerprint density at radius 3 is 1.29 bits per heavy atom. The van der Waals surface area contributed by atoms with Gasteiger partial charge in [-0.05, 0) is 52.1 Å². The highest BCUT2D eigenvalue weighted by molar-refractivity contribution is 7.80. The molecule has 0 aromatic heterocycles. The second-order valence-corrected chi connectivity index (χ2v) is 4.32. The van der Waals surface area contributed by atoms with E-state index in [-0.39, 0.29) is 0 Å². The lowest BCUT2D eigenvalue weighted by Gasteiger charge is -2.17. The van der Waals surface area contributed by atoms with Gasteiger partial charge < -0.3 is 10.6 Å². The zero-order valence-corrected chi connectivity index (χ0v) is 10.6. The van der Waals surface area contributed by atoms with E-state index in [1.165, 1.54) is 0 Å². The van der Waals surface area contributed by atoms with E-state index in [4.69, 9.17) is 24.4 Å². The SMILES string of the molecule is CC(C)NC(=S)NNC(=S)NC(C)C. The maximum atomic E-state index is 4.99. The summed E-state index contributed by atoms with van der Waals surface area (Å²) in [7, 11) is 0. The fourth-order valence-corrected chi connectivity index (χ4v) is 1.28. The van der Waals surface area contributed by atoms with Gasteiger partial charge in [0.05, 0.1) is 0 Å². The van der Waals surface area contributed by atoms with Crippen molar-refractivity contribution in [3.8, 4) is 0 Å². The number of hydrazine groups is 1. The molecule has 0 amide bonds. The van der Waals surface area contributed by atoms with Crippen molar-refractivity contribution in [2.45, 2.75) is 39.8 Å². The van der Waals surface area contributed by atoms with Crippen LogP contribution in [0.5, 0.6) is 0 Å². The lowest BCUT2D eigenvalue weighted by molar-refractivity contribution is 0.680. The zero-order valence-electron chi connectivity index (χ0n) is 8.97. The third-order valence-electron chi connectivity index (χ3n) is 1.13. The summed E-state index contributed by atoms with van der Waals surface area (Å²) < 4.78 is 0. The molecular formula is C8H18N4S2. The minimum atomic E-state index is 0.309. The first-order valence-electron chi connectivity index (χ1n) is 4.54. The van der Waals surface area contributed by atoms with E-state index < -0.39 is 0 Å². The third kappa shape index (κ3) is 8.00. The molecule has 0 atom stereocenters. The van der Waals surface area contributed by atoms with Crippen LogP contribution in [0.1, 0.15) is 27.7 Å². The van der Waals surface area contributed by atoms with E-state index >= 15 is 0 Å². The molecule has 0 aliphatic rings. The first-order valence-corrected chi connectivity index (χ1v) is 5.36. The molecule has 0 rings (SSSR count). The quantitative estimate of drug-likeness (QED) is 0.416. The van der Waals surface area contributed by atoms with Gasteiger partial charge in [-0.3, -0.25) is 10.9 Å². The predicted molar refractivity (Wildman–Crippen MR) is 68.0 cm³/mol. The minimum absolute atomic E-state index is 0.309. The monoisotopic (exact) mass is 234 g/mol. The molecule has 0 saturated carbocycles. The Bertz CT molecular complexity index is 182. The molecule has 82 valence electrons. The largest absolute Gasteiger partial charge is 0.359 e. The maximum Gasteiger partial charge on any atom is 0.185 e. The number of hydrogen-bond donors (Lipinski definition) is 4. The van der Waals surface area contributed by atoms with E-state index in [2.05, 4.69) is 21.5 Å². The molecule has 0 aromatic rings. The number of hydrogen-bond acceptors (Lipinski definition) is 2. The maximum absolute atomic E-state index is 4.99. The Morgan fingerprint density at radius 1 is 0.786 bits per heavy atom. The van der Waals surface area contributed by atoms with E-state index in [1.807, 2.05) is 27.7 Å². The van der Waals surface area contributed by atoms with Gasteiger partial charge in [0.2, 0.25) is 0 Å². The van der Waals surface area contributed by atoms with Gasteiger partial charge in [0, 0.05) is 12.1 Å². The Hall–Kier alpha value is -0.620. The molecule has 0 spiro atoms. The molecule has 0 aromatic carbocycles. The van der Waals surface area contributed by atoms with E-state index in [0.29, 0.717) is 22.3 Å². The molecule has 0 radical (unpaired) electrons. The third-order valence-corrected chi connectivity index (χ3v) is 1.57. The van der Waals surface area contributed by atoms with Crippen LogP contribution in [0.2, 0.25) is 0 Å². The van der Waals surface area contributed by atoms with Crippen molar-refractivity contribution in [1.82, 2.24) is 21.5 Å². The van der Waals surface area contributed by atoms with Crippen molar-refractivity contribution in [3.05, 3.63) is 0 Å². The predicted octanol–water partition coefficient (Wildman–Crippen LogP) is 0.646. The minimum Gasteiger partial charge on any atom is -0.359 e. The Kier molecular flexibility index (Phi) is 6.48. The molecule has 0 heterocycles. The van der Waals surface area contributed by atoms with E-state index in [9.17, 15) is 0 Å². The number of nitrogens with one attached hydrogen (secondary N) is 4. The highest BCUT2D eigenvalue weighted by Gasteiger charge is 1.99. The van der Waals surface area contributed by atoms with Gasteiger partial charge in [-0.1, -0.05) is 0 Å². The fourth-order valence-electron chi connectivity index (χ4n) is 0.710. The highest BCUT2D eigenvalue weighted by Crippen LogP contribution is 1.77. The van der Waals surface area contributed by atoms with Gasteiger partial charge in [0.1, 0.15) is 0 Å². The smallest absolute Gasteiger partial charge is 0.185 e. The van der Waals surface area contributed by atoms with Gasteiger partial charge in [-0.25, -0.2) is 0 Å². The van der Waals surface area contributed by atoms with Crippen LogP contribution in [-0.2, 0) is 0 Å². The zero-order chi connectivity index (χ0) is 11.1. The topological polar surface area (TPSA) is 48.1 Å². The van der Waals surface area contributed by atoms with Crippen LogP contribution >= 0.6 is 24.4 Å². The summed E-state index contributed by atoms with van der Waals surface area (Å²) in [5.74, 6) is 0. The molecule has 4 nitrogen and oxygen atoms in total. The molecule has 0 unspecified atom stereocenters. The lowest BCUT2D eigenvalue weighted by atomic mass is 10.4. The second kappa shape index (κ2) is 6.78. The standard InChI is InChI=1S/C8H18N4S2/c1-5(2)9-7(13)11-12-8(14)10-6(3)4/h5-6H,1-4H3,(H2,9,11,13)(H2,10,12,14). The van der Waals surface area contributed by atoms with E-state index in [1.54, 1.807) is 0 Å². The summed E-state index contributed by atoms with van der Waals surface area (Å²) >= 11 is 9.98. The van der Waals surface area contributed by atoms with Crippen LogP contribution in [0.15, 0.2) is 0 Å². The highest BCUT2D eigenvalue weighted by atomic mass is 32.1. The van der Waals surface area contributed by atoms with Crippen molar-refractivity contribution in [3.63, 3.8) is 0 Å². The number of thiocarbonyl (C=S) groups is 2. The lowest BCUT2D eigenvalue weighted by Crippen LogP contribution is -2.52. The van der Waals surface area contributed by atoms with Crippen molar-refractivity contribution < 1.29 is 0 Å². The van der Waals surface area contributed by atoms with Gasteiger partial charge in [-0.2, -0.15) is 0 Å². The first kappa shape index (κ1) is 13.4. The molecule has 0 bridgehead atoms. The summed E-state index contributed by atoms with van der Waals surface area (Å²) in [5, 5.41) is 7.11. The second-order valence-electron chi connectivity index (χ2n) is 3.51. The summed E-state index contributed by atoms with van der Waals surface area (Å²) in [6.45, 7) is 8.05. The molecule has 6 heteroatoms. The van der Waals surface area contributed by atoms with Gasteiger partial charge in [0.25, 0.3) is 0 Å².